The molecule has 1 aliphatic carbocycles. The maximum atomic E-state index is 6.26. The van der Waals surface area contributed by atoms with E-state index in [0.717, 1.165) is 13.1 Å². The van der Waals surface area contributed by atoms with E-state index in [1.54, 1.807) is 6.26 Å². The van der Waals surface area contributed by atoms with Gasteiger partial charge in [0.1, 0.15) is 0 Å². The van der Waals surface area contributed by atoms with Crippen LogP contribution in [-0.4, -0.2) is 24.5 Å². The van der Waals surface area contributed by atoms with Gasteiger partial charge in [0.25, 0.3) is 0 Å². The smallest absolute Gasteiger partial charge is 0.0947 e. The zero-order valence-corrected chi connectivity index (χ0v) is 10.8. The summed E-state index contributed by atoms with van der Waals surface area (Å²) in [6.07, 6.45) is 10.1. The highest BCUT2D eigenvalue weighted by Gasteiger charge is 2.21. The lowest BCUT2D eigenvalue weighted by Crippen LogP contribution is -2.37. The van der Waals surface area contributed by atoms with Crippen LogP contribution in [0.5, 0.6) is 0 Å². The van der Waals surface area contributed by atoms with Crippen molar-refractivity contribution in [2.75, 3.05) is 13.6 Å². The molecule has 0 aliphatic heterocycles. The number of furan rings is 1. The second-order valence-electron chi connectivity index (χ2n) is 5.39. The molecule has 1 saturated carbocycles. The Morgan fingerprint density at radius 2 is 2.18 bits per heavy atom. The molecule has 0 amide bonds. The van der Waals surface area contributed by atoms with Gasteiger partial charge >= 0.3 is 0 Å². The van der Waals surface area contributed by atoms with Crippen molar-refractivity contribution in [1.29, 1.82) is 0 Å². The Morgan fingerprint density at radius 1 is 1.35 bits per heavy atom. The molecule has 2 atom stereocenters. The van der Waals surface area contributed by atoms with Crippen LogP contribution in [0, 0.1) is 5.92 Å². The molecule has 0 radical (unpaired) electrons. The first-order valence-electron chi connectivity index (χ1n) is 6.71. The standard InChI is InChI=1S/C14H24N2O/c1-16(9-12-7-8-17-11-12)10-13-5-3-2-4-6-14(13)15/h7-8,11,13-14H,2-6,9-10,15H2,1H3. The predicted octanol–water partition coefficient (Wildman–Crippen LogP) is 2.62. The first-order valence-corrected chi connectivity index (χ1v) is 6.71. The van der Waals surface area contributed by atoms with Crippen LogP contribution in [0.4, 0.5) is 0 Å². The zero-order chi connectivity index (χ0) is 12.1. The first-order chi connectivity index (χ1) is 8.25. The highest BCUT2D eigenvalue weighted by molar-refractivity contribution is 5.04. The summed E-state index contributed by atoms with van der Waals surface area (Å²) in [5, 5.41) is 0. The van der Waals surface area contributed by atoms with Crippen LogP contribution in [0.2, 0.25) is 0 Å². The van der Waals surface area contributed by atoms with Gasteiger partial charge in [-0.15, -0.1) is 0 Å². The van der Waals surface area contributed by atoms with Gasteiger partial charge in [0, 0.05) is 24.7 Å². The van der Waals surface area contributed by atoms with Gasteiger partial charge in [-0.25, -0.2) is 0 Å². The summed E-state index contributed by atoms with van der Waals surface area (Å²) in [6.45, 7) is 2.06. The summed E-state index contributed by atoms with van der Waals surface area (Å²) < 4.78 is 5.10. The van der Waals surface area contributed by atoms with E-state index in [1.807, 2.05) is 12.3 Å². The van der Waals surface area contributed by atoms with Crippen molar-refractivity contribution < 1.29 is 4.42 Å². The van der Waals surface area contributed by atoms with Gasteiger partial charge in [-0.3, -0.25) is 0 Å². The lowest BCUT2D eigenvalue weighted by Gasteiger charge is -2.26. The lowest BCUT2D eigenvalue weighted by molar-refractivity contribution is 0.236. The molecule has 3 heteroatoms. The minimum atomic E-state index is 0.393. The third kappa shape index (κ3) is 3.86. The fraction of sp³-hybridized carbons (Fsp3) is 0.714. The third-order valence-electron chi connectivity index (χ3n) is 3.80. The van der Waals surface area contributed by atoms with Crippen molar-refractivity contribution in [2.45, 2.75) is 44.7 Å². The second-order valence-corrected chi connectivity index (χ2v) is 5.39. The van der Waals surface area contributed by atoms with Crippen LogP contribution in [0.15, 0.2) is 23.0 Å². The molecule has 3 nitrogen and oxygen atoms in total. The Bertz CT molecular complexity index is 310. The van der Waals surface area contributed by atoms with E-state index < -0.39 is 0 Å². The van der Waals surface area contributed by atoms with Crippen LogP contribution in [0.1, 0.15) is 37.7 Å². The van der Waals surface area contributed by atoms with E-state index in [2.05, 4.69) is 11.9 Å². The number of hydrogen-bond acceptors (Lipinski definition) is 3. The van der Waals surface area contributed by atoms with Gasteiger partial charge in [0.15, 0.2) is 0 Å². The van der Waals surface area contributed by atoms with Crippen LogP contribution < -0.4 is 5.73 Å². The number of hydrogen-bond donors (Lipinski definition) is 1. The molecule has 0 saturated heterocycles. The molecule has 1 aromatic heterocycles. The van der Waals surface area contributed by atoms with Crippen molar-refractivity contribution in [3.05, 3.63) is 24.2 Å². The molecule has 1 aromatic rings. The molecule has 2 rings (SSSR count). The van der Waals surface area contributed by atoms with E-state index in [0.29, 0.717) is 12.0 Å². The SMILES string of the molecule is CN(Cc1ccoc1)CC1CCCCCC1N. The van der Waals surface area contributed by atoms with Crippen molar-refractivity contribution in [3.8, 4) is 0 Å². The molecule has 17 heavy (non-hydrogen) atoms. The van der Waals surface area contributed by atoms with E-state index >= 15 is 0 Å². The summed E-state index contributed by atoms with van der Waals surface area (Å²) in [4.78, 5) is 2.36. The largest absolute Gasteiger partial charge is 0.472 e. The predicted molar refractivity (Wildman–Crippen MR) is 69.6 cm³/mol. The lowest BCUT2D eigenvalue weighted by atomic mass is 9.95. The Kier molecular flexibility index (Phi) is 4.63. The van der Waals surface area contributed by atoms with E-state index in [1.165, 1.54) is 37.7 Å². The first kappa shape index (κ1) is 12.7. The molecular formula is C14H24N2O. The Balaban J connectivity index is 1.82. The van der Waals surface area contributed by atoms with Gasteiger partial charge in [-0.2, -0.15) is 0 Å². The molecule has 0 spiro atoms. The maximum absolute atomic E-state index is 6.26. The maximum Gasteiger partial charge on any atom is 0.0947 e. The monoisotopic (exact) mass is 236 g/mol. The Labute approximate surface area is 104 Å². The molecule has 1 aliphatic rings. The number of nitrogens with two attached hydrogens (primary N) is 1. The topological polar surface area (TPSA) is 42.4 Å². The zero-order valence-electron chi connectivity index (χ0n) is 10.8. The van der Waals surface area contributed by atoms with E-state index in [9.17, 15) is 0 Å². The highest BCUT2D eigenvalue weighted by Crippen LogP contribution is 2.23. The summed E-state index contributed by atoms with van der Waals surface area (Å²) in [5.74, 6) is 0.661. The van der Waals surface area contributed by atoms with E-state index in [4.69, 9.17) is 10.2 Å². The molecule has 1 heterocycles. The van der Waals surface area contributed by atoms with E-state index in [-0.39, 0.29) is 0 Å². The Morgan fingerprint density at radius 3 is 2.94 bits per heavy atom. The van der Waals surface area contributed by atoms with Gasteiger partial charge in [-0.1, -0.05) is 19.3 Å². The fourth-order valence-electron chi connectivity index (χ4n) is 2.80. The fourth-order valence-corrected chi connectivity index (χ4v) is 2.80. The molecule has 2 unspecified atom stereocenters. The summed E-state index contributed by atoms with van der Waals surface area (Å²) in [5.41, 5.74) is 7.50. The highest BCUT2D eigenvalue weighted by atomic mass is 16.3. The third-order valence-corrected chi connectivity index (χ3v) is 3.80. The van der Waals surface area contributed by atoms with Gasteiger partial charge < -0.3 is 15.1 Å². The minimum absolute atomic E-state index is 0.393. The van der Waals surface area contributed by atoms with Crippen molar-refractivity contribution in [1.82, 2.24) is 4.90 Å². The normalized spacial score (nSPS) is 26.1. The number of nitrogens with zero attached hydrogens (tertiary/aromatic N) is 1. The van der Waals surface area contributed by atoms with Crippen LogP contribution in [-0.2, 0) is 6.54 Å². The van der Waals surface area contributed by atoms with Gasteiger partial charge in [0.05, 0.1) is 12.5 Å². The molecule has 1 fully saturated rings. The van der Waals surface area contributed by atoms with Crippen LogP contribution in [0.25, 0.3) is 0 Å². The molecule has 2 N–H and O–H groups in total. The summed E-state index contributed by atoms with van der Waals surface area (Å²) in [6, 6.07) is 2.42. The minimum Gasteiger partial charge on any atom is -0.472 e. The van der Waals surface area contributed by atoms with Crippen molar-refractivity contribution in [2.24, 2.45) is 11.7 Å². The van der Waals surface area contributed by atoms with Gasteiger partial charge in [0.2, 0.25) is 0 Å². The molecular weight excluding hydrogens is 212 g/mol. The summed E-state index contributed by atoms with van der Waals surface area (Å²) in [7, 11) is 2.17. The van der Waals surface area contributed by atoms with Crippen molar-refractivity contribution in [3.63, 3.8) is 0 Å². The molecule has 0 aromatic carbocycles. The Hall–Kier alpha value is -0.800. The van der Waals surface area contributed by atoms with Crippen LogP contribution in [0.3, 0.4) is 0 Å². The average Bonchev–Trinajstić information content (AvgIpc) is 2.71. The summed E-state index contributed by atoms with van der Waals surface area (Å²) >= 11 is 0. The van der Waals surface area contributed by atoms with Crippen LogP contribution >= 0.6 is 0 Å². The van der Waals surface area contributed by atoms with Gasteiger partial charge in [-0.05, 0) is 31.9 Å². The number of rotatable bonds is 4. The van der Waals surface area contributed by atoms with Crippen molar-refractivity contribution >= 4 is 0 Å². The average molecular weight is 236 g/mol. The second kappa shape index (κ2) is 6.22. The molecule has 0 bridgehead atoms. The molecule has 96 valence electrons. The quantitative estimate of drug-likeness (QED) is 0.817.